The van der Waals surface area contributed by atoms with E-state index in [0.717, 1.165) is 0 Å². The fourth-order valence-electron chi connectivity index (χ4n) is 3.56. The van der Waals surface area contributed by atoms with E-state index in [0.29, 0.717) is 0 Å². The van der Waals surface area contributed by atoms with Crippen molar-refractivity contribution in [2.45, 2.75) is 13.8 Å². The number of hydrogen-bond donors (Lipinski definition) is 0. The van der Waals surface area contributed by atoms with Crippen LogP contribution in [0.4, 0.5) is 0 Å². The van der Waals surface area contributed by atoms with Crippen LogP contribution in [0.2, 0.25) is 0 Å². The number of fused-ring (bicyclic) bond motifs is 2. The predicted octanol–water partition coefficient (Wildman–Crippen LogP) is 7.92. The van der Waals surface area contributed by atoms with Crippen molar-refractivity contribution in [3.63, 3.8) is 0 Å². The Morgan fingerprint density at radius 1 is 0.633 bits per heavy atom. The Morgan fingerprint density at radius 3 is 1.90 bits per heavy atom. The van der Waals surface area contributed by atoms with E-state index in [1.54, 1.807) is 0 Å². The Labute approximate surface area is 198 Å². The van der Waals surface area contributed by atoms with Crippen LogP contribution < -0.4 is 0 Å². The molecule has 152 valence electrons. The van der Waals surface area contributed by atoms with E-state index < -0.39 is 0 Å². The average molecular weight is 484 g/mol. The third-order valence-electron chi connectivity index (χ3n) is 4.74. The van der Waals surface area contributed by atoms with Crippen molar-refractivity contribution in [2.75, 3.05) is 0 Å². The van der Waals surface area contributed by atoms with Crippen LogP contribution in [0.25, 0.3) is 32.7 Å². The minimum atomic E-state index is 0. The Hall–Kier alpha value is -2.02. The van der Waals surface area contributed by atoms with Crippen LogP contribution in [0, 0.1) is 28.7 Å². The van der Waals surface area contributed by atoms with E-state index in [2.05, 4.69) is 118 Å². The zero-order valence-corrected chi connectivity index (χ0v) is 21.7. The summed E-state index contributed by atoms with van der Waals surface area (Å²) in [4.78, 5) is 0. The molecule has 0 unspecified atom stereocenters. The number of hydrogen-bond acceptors (Lipinski definition) is 0. The SMILES string of the molecule is Cc1cc2c(-c3ccccc3)cccc2[cH-]1.Cc1cc2ccccc2[cH-]1.[CH3-].[CH3-].[Si]=[Zr]. The van der Waals surface area contributed by atoms with Crippen LogP contribution >= 0.6 is 0 Å². The molecule has 2 heteroatoms. The molecule has 0 bridgehead atoms. The molecule has 0 aromatic heterocycles. The monoisotopic (exact) mass is 482 g/mol. The molecule has 0 fully saturated rings. The summed E-state index contributed by atoms with van der Waals surface area (Å²) < 4.78 is 0. The van der Waals surface area contributed by atoms with Gasteiger partial charge in [-0.25, -0.2) is 0 Å². The van der Waals surface area contributed by atoms with Gasteiger partial charge in [-0.2, -0.15) is 12.1 Å². The van der Waals surface area contributed by atoms with Crippen LogP contribution in [0.1, 0.15) is 11.1 Å². The molecule has 0 nitrogen and oxygen atoms in total. The molecule has 0 heterocycles. The van der Waals surface area contributed by atoms with Gasteiger partial charge in [0.15, 0.2) is 0 Å². The molecular weight excluding hydrogens is 456 g/mol. The Morgan fingerprint density at radius 2 is 1.20 bits per heavy atom. The van der Waals surface area contributed by atoms with Crippen molar-refractivity contribution < 1.29 is 23.3 Å². The van der Waals surface area contributed by atoms with Gasteiger partial charge in [-0.3, -0.25) is 0 Å². The predicted molar refractivity (Wildman–Crippen MR) is 133 cm³/mol. The van der Waals surface area contributed by atoms with E-state index in [-0.39, 0.29) is 14.9 Å². The van der Waals surface area contributed by atoms with Crippen LogP contribution in [0.3, 0.4) is 0 Å². The quantitative estimate of drug-likeness (QED) is 0.168. The fraction of sp³-hybridized carbons (Fsp3) is 0.0714. The van der Waals surface area contributed by atoms with Gasteiger partial charge in [0.2, 0.25) is 0 Å². The first-order valence-electron chi connectivity index (χ1n) is 9.29. The Kier molecular flexibility index (Phi) is 10.9. The molecule has 0 amide bonds. The van der Waals surface area contributed by atoms with Gasteiger partial charge in [-0.15, -0.1) is 75.1 Å². The number of rotatable bonds is 1. The van der Waals surface area contributed by atoms with E-state index in [4.69, 9.17) is 0 Å². The average Bonchev–Trinajstić information content (AvgIpc) is 3.31. The molecule has 0 aliphatic heterocycles. The topological polar surface area (TPSA) is 0 Å². The van der Waals surface area contributed by atoms with E-state index >= 15 is 0 Å². The fourth-order valence-corrected chi connectivity index (χ4v) is 3.56. The Bertz CT molecular complexity index is 1130. The molecule has 5 rings (SSSR count). The summed E-state index contributed by atoms with van der Waals surface area (Å²) in [6.45, 7) is 7.33. The first kappa shape index (κ1) is 26.0. The molecule has 30 heavy (non-hydrogen) atoms. The van der Waals surface area contributed by atoms with E-state index in [1.807, 2.05) is 0 Å². The van der Waals surface area contributed by atoms with Gasteiger partial charge in [0, 0.05) is 0 Å². The maximum atomic E-state index is 3.06. The summed E-state index contributed by atoms with van der Waals surface area (Å²) in [6, 6.07) is 34.4. The zero-order valence-electron chi connectivity index (χ0n) is 18.2. The van der Waals surface area contributed by atoms with E-state index in [1.165, 1.54) is 67.1 Å². The molecule has 5 aromatic rings. The van der Waals surface area contributed by atoms with Gasteiger partial charge in [0.05, 0.1) is 0 Å². The second kappa shape index (κ2) is 12.6. The van der Waals surface area contributed by atoms with Crippen LogP contribution in [0.15, 0.2) is 97.1 Å². The van der Waals surface area contributed by atoms with Crippen LogP contribution in [-0.4, -0.2) is 6.88 Å². The first-order valence-corrected chi connectivity index (χ1v) is 13.5. The van der Waals surface area contributed by atoms with Crippen molar-refractivity contribution in [3.05, 3.63) is 123 Å². The van der Waals surface area contributed by atoms with Crippen LogP contribution in [0.5, 0.6) is 0 Å². The van der Waals surface area contributed by atoms with Gasteiger partial charge in [0.25, 0.3) is 0 Å². The van der Waals surface area contributed by atoms with Crippen molar-refractivity contribution in [1.82, 2.24) is 0 Å². The molecule has 0 atom stereocenters. The van der Waals surface area contributed by atoms with Crippen molar-refractivity contribution in [1.29, 1.82) is 0 Å². The summed E-state index contributed by atoms with van der Waals surface area (Å²) in [7, 11) is 0. The van der Waals surface area contributed by atoms with Gasteiger partial charge in [-0.05, 0) is 5.56 Å². The summed E-state index contributed by atoms with van der Waals surface area (Å²) >= 11 is 1.36. The third-order valence-corrected chi connectivity index (χ3v) is 4.74. The second-order valence-corrected chi connectivity index (χ2v) is 6.87. The molecule has 0 aliphatic carbocycles. The molecule has 0 spiro atoms. The molecule has 0 aliphatic rings. The molecule has 5 aromatic carbocycles. The number of aryl methyl sites for hydroxylation is 2. The molecular formula is C28H28SiZr-4. The first-order chi connectivity index (χ1) is 13.7. The van der Waals surface area contributed by atoms with Gasteiger partial charge >= 0.3 is 30.2 Å². The Balaban J connectivity index is 0.000000281. The standard InChI is InChI=1S/C16H13.C10H9.2CH3.Si.Zr/c1-12-10-14-8-5-9-15(16(14)11-12)13-6-3-2-4-7-13;1-8-6-9-4-2-3-5-10(9)7-8;;;;/h2-11H,1H3;2-7H,1H3;2*1H3;;/q4*-1;;. The molecule has 0 saturated carbocycles. The van der Waals surface area contributed by atoms with Gasteiger partial charge in [0.1, 0.15) is 0 Å². The molecule has 2 radical (unpaired) electrons. The van der Waals surface area contributed by atoms with Crippen molar-refractivity contribution in [2.24, 2.45) is 0 Å². The summed E-state index contributed by atoms with van der Waals surface area (Å²) in [6.07, 6.45) is 0. The summed E-state index contributed by atoms with van der Waals surface area (Å²) in [5.41, 5.74) is 5.30. The maximum absolute atomic E-state index is 3.06. The zero-order chi connectivity index (χ0) is 19.9. The summed E-state index contributed by atoms with van der Waals surface area (Å²) in [5, 5.41) is 5.38. The summed E-state index contributed by atoms with van der Waals surface area (Å²) in [5.74, 6) is 0. The van der Waals surface area contributed by atoms with Crippen molar-refractivity contribution in [3.8, 4) is 11.1 Å². The van der Waals surface area contributed by atoms with Gasteiger partial charge < -0.3 is 14.9 Å². The number of benzene rings is 3. The van der Waals surface area contributed by atoms with Crippen molar-refractivity contribution >= 4 is 28.4 Å². The minimum absolute atomic E-state index is 0. The van der Waals surface area contributed by atoms with E-state index in [9.17, 15) is 0 Å². The molecule has 0 N–H and O–H groups in total. The normalized spacial score (nSPS) is 9.37. The molecule has 0 saturated heterocycles. The second-order valence-electron chi connectivity index (χ2n) is 6.87. The van der Waals surface area contributed by atoms with Crippen LogP contribution in [-0.2, 0) is 23.3 Å². The van der Waals surface area contributed by atoms with Gasteiger partial charge in [-0.1, -0.05) is 61.9 Å². The third kappa shape index (κ3) is 6.24.